The summed E-state index contributed by atoms with van der Waals surface area (Å²) >= 11 is 0. The average Bonchev–Trinajstić information content (AvgIpc) is 2.76. The first-order chi connectivity index (χ1) is 14.9. The molecule has 8 heteroatoms. The Bertz CT molecular complexity index is 1030. The van der Waals surface area contributed by atoms with Gasteiger partial charge in [0, 0.05) is 31.2 Å². The summed E-state index contributed by atoms with van der Waals surface area (Å²) in [6, 6.07) is 10.4. The second kappa shape index (κ2) is 8.95. The fraction of sp³-hybridized carbons (Fsp3) is 0.304. The van der Waals surface area contributed by atoms with E-state index in [0.29, 0.717) is 25.3 Å². The summed E-state index contributed by atoms with van der Waals surface area (Å²) in [4.78, 5) is 10.8. The summed E-state index contributed by atoms with van der Waals surface area (Å²) in [6.07, 6.45) is 2.90. The first kappa shape index (κ1) is 21.1. The predicted molar refractivity (Wildman–Crippen MR) is 117 cm³/mol. The molecule has 1 aliphatic heterocycles. The minimum atomic E-state index is -0.648. The molecular weight excluding hydrogens is 400 g/mol. The number of benzene rings is 1. The van der Waals surface area contributed by atoms with Crippen LogP contribution in [-0.2, 0) is 6.54 Å². The summed E-state index contributed by atoms with van der Waals surface area (Å²) in [5.74, 6) is -1.26. The van der Waals surface area contributed by atoms with Gasteiger partial charge >= 0.3 is 0 Å². The van der Waals surface area contributed by atoms with E-state index < -0.39 is 17.7 Å². The lowest BCUT2D eigenvalue weighted by Gasteiger charge is -2.40. The van der Waals surface area contributed by atoms with E-state index >= 15 is 0 Å². The molecule has 1 fully saturated rings. The monoisotopic (exact) mass is 425 g/mol. The molecule has 31 heavy (non-hydrogen) atoms. The van der Waals surface area contributed by atoms with E-state index in [0.717, 1.165) is 11.4 Å². The molecule has 2 aromatic heterocycles. The minimum absolute atomic E-state index is 0.0405. The number of nitrogens with one attached hydrogen (secondary N) is 1. The number of pyridine rings is 2. The van der Waals surface area contributed by atoms with Gasteiger partial charge in [-0.05, 0) is 30.3 Å². The molecule has 0 saturated carbocycles. The fourth-order valence-corrected chi connectivity index (χ4v) is 3.96. The van der Waals surface area contributed by atoms with Crippen molar-refractivity contribution in [3.63, 3.8) is 0 Å². The van der Waals surface area contributed by atoms with Gasteiger partial charge in [0.25, 0.3) is 0 Å². The van der Waals surface area contributed by atoms with E-state index in [2.05, 4.69) is 20.2 Å². The molecule has 4 rings (SSSR count). The zero-order valence-electron chi connectivity index (χ0n) is 17.2. The van der Waals surface area contributed by atoms with Crippen molar-refractivity contribution in [3.05, 3.63) is 72.2 Å². The van der Waals surface area contributed by atoms with Crippen molar-refractivity contribution in [2.75, 3.05) is 23.3 Å². The Labute approximate surface area is 179 Å². The number of piperidine rings is 1. The van der Waals surface area contributed by atoms with Crippen LogP contribution in [-0.4, -0.2) is 40.3 Å². The summed E-state index contributed by atoms with van der Waals surface area (Å²) in [7, 11) is 0. The van der Waals surface area contributed by atoms with Gasteiger partial charge in [-0.2, -0.15) is 0 Å². The highest BCUT2D eigenvalue weighted by Gasteiger charge is 2.31. The zero-order valence-corrected chi connectivity index (χ0v) is 17.2. The Morgan fingerprint density at radius 1 is 1.13 bits per heavy atom. The number of anilines is 2. The molecule has 0 radical (unpaired) electrons. The molecule has 3 heterocycles. The smallest absolute Gasteiger partial charge is 0.135 e. The van der Waals surface area contributed by atoms with Crippen molar-refractivity contribution in [1.29, 1.82) is 0 Å². The third kappa shape index (κ3) is 4.50. The van der Waals surface area contributed by atoms with Crippen LogP contribution >= 0.6 is 0 Å². The van der Waals surface area contributed by atoms with Gasteiger partial charge < -0.3 is 21.1 Å². The quantitative estimate of drug-likeness (QED) is 0.582. The molecule has 162 valence electrons. The topological polar surface area (TPSA) is 87.3 Å². The van der Waals surface area contributed by atoms with E-state index in [1.165, 1.54) is 18.2 Å². The molecule has 4 N–H and O–H groups in total. The van der Waals surface area contributed by atoms with Crippen molar-refractivity contribution < 1.29 is 13.9 Å². The number of hydrogen-bond donors (Lipinski definition) is 3. The zero-order chi connectivity index (χ0) is 22.0. The Kier molecular flexibility index (Phi) is 6.11. The SMILES string of the molecule is CC1CN(c2ccncc2NCc2cccc(-c3c(F)cccc3F)n2)CC(N)C1O. The second-order valence-corrected chi connectivity index (χ2v) is 7.89. The molecule has 0 amide bonds. The molecule has 0 spiro atoms. The molecule has 1 aliphatic rings. The fourth-order valence-electron chi connectivity index (χ4n) is 3.96. The van der Waals surface area contributed by atoms with Crippen LogP contribution in [0.25, 0.3) is 11.3 Å². The number of nitrogens with two attached hydrogens (primary N) is 1. The average molecular weight is 425 g/mol. The maximum Gasteiger partial charge on any atom is 0.135 e. The third-order valence-corrected chi connectivity index (χ3v) is 5.59. The van der Waals surface area contributed by atoms with Crippen LogP contribution in [0, 0.1) is 17.6 Å². The number of nitrogens with zero attached hydrogens (tertiary/aromatic N) is 3. The third-order valence-electron chi connectivity index (χ3n) is 5.59. The van der Waals surface area contributed by atoms with Crippen LogP contribution in [0.5, 0.6) is 0 Å². The van der Waals surface area contributed by atoms with E-state index in [9.17, 15) is 13.9 Å². The summed E-state index contributed by atoms with van der Waals surface area (Å²) in [5, 5.41) is 13.5. The van der Waals surface area contributed by atoms with Crippen LogP contribution in [0.1, 0.15) is 12.6 Å². The van der Waals surface area contributed by atoms with E-state index in [4.69, 9.17) is 5.73 Å². The normalized spacial score (nSPS) is 21.2. The predicted octanol–water partition coefficient (Wildman–Crippen LogP) is 3.18. The van der Waals surface area contributed by atoms with Crippen molar-refractivity contribution >= 4 is 11.4 Å². The molecule has 3 unspecified atom stereocenters. The number of halogens is 2. The van der Waals surface area contributed by atoms with E-state index in [1.807, 2.05) is 13.0 Å². The Balaban J connectivity index is 1.54. The van der Waals surface area contributed by atoms with Crippen molar-refractivity contribution in [2.45, 2.75) is 25.6 Å². The highest BCUT2D eigenvalue weighted by Crippen LogP contribution is 2.30. The van der Waals surface area contributed by atoms with Crippen LogP contribution < -0.4 is 16.0 Å². The lowest BCUT2D eigenvalue weighted by molar-refractivity contribution is 0.0785. The second-order valence-electron chi connectivity index (χ2n) is 7.89. The molecule has 1 aromatic carbocycles. The van der Waals surface area contributed by atoms with Crippen LogP contribution in [0.2, 0.25) is 0 Å². The minimum Gasteiger partial charge on any atom is -0.391 e. The highest BCUT2D eigenvalue weighted by molar-refractivity contribution is 5.69. The maximum atomic E-state index is 14.1. The summed E-state index contributed by atoms with van der Waals surface area (Å²) in [6.45, 7) is 3.53. The van der Waals surface area contributed by atoms with Crippen molar-refractivity contribution in [3.8, 4) is 11.3 Å². The number of aromatic nitrogens is 2. The van der Waals surface area contributed by atoms with Crippen molar-refractivity contribution in [2.24, 2.45) is 11.7 Å². The molecule has 3 aromatic rings. The Morgan fingerprint density at radius 2 is 1.87 bits per heavy atom. The van der Waals surface area contributed by atoms with E-state index in [1.54, 1.807) is 30.6 Å². The maximum absolute atomic E-state index is 14.1. The van der Waals surface area contributed by atoms with Gasteiger partial charge in [0.15, 0.2) is 0 Å². The van der Waals surface area contributed by atoms with Gasteiger partial charge in [-0.15, -0.1) is 0 Å². The molecule has 3 atom stereocenters. The Hall–Kier alpha value is -3.10. The molecule has 6 nitrogen and oxygen atoms in total. The molecular formula is C23H25F2N5O. The van der Waals surface area contributed by atoms with Crippen molar-refractivity contribution in [1.82, 2.24) is 9.97 Å². The summed E-state index contributed by atoms with van der Waals surface area (Å²) in [5.41, 5.74) is 8.57. The first-order valence-electron chi connectivity index (χ1n) is 10.2. The molecule has 0 aliphatic carbocycles. The van der Waals surface area contributed by atoms with Crippen LogP contribution in [0.15, 0.2) is 54.9 Å². The Morgan fingerprint density at radius 3 is 2.61 bits per heavy atom. The van der Waals surface area contributed by atoms with Gasteiger partial charge in [-0.3, -0.25) is 9.97 Å². The van der Waals surface area contributed by atoms with Gasteiger partial charge in [-0.25, -0.2) is 8.78 Å². The standard InChI is InChI=1S/C23H25F2N5O/c1-14-12-30(13-18(26)23(14)31)21-8-9-27-11-20(21)28-10-15-4-2-7-19(29-15)22-16(24)5-3-6-17(22)25/h2-9,11,14,18,23,28,31H,10,12-13,26H2,1H3. The largest absolute Gasteiger partial charge is 0.391 e. The van der Waals surface area contributed by atoms with Gasteiger partial charge in [0.2, 0.25) is 0 Å². The summed E-state index contributed by atoms with van der Waals surface area (Å²) < 4.78 is 28.3. The molecule has 0 bridgehead atoms. The lowest BCUT2D eigenvalue weighted by Crippen LogP contribution is -2.55. The number of hydrogen-bond acceptors (Lipinski definition) is 6. The highest BCUT2D eigenvalue weighted by atomic mass is 19.1. The van der Waals surface area contributed by atoms with Crippen LogP contribution in [0.4, 0.5) is 20.2 Å². The van der Waals surface area contributed by atoms with E-state index in [-0.39, 0.29) is 23.2 Å². The van der Waals surface area contributed by atoms with Crippen LogP contribution in [0.3, 0.4) is 0 Å². The number of aliphatic hydroxyl groups is 1. The lowest BCUT2D eigenvalue weighted by atomic mass is 9.92. The van der Waals surface area contributed by atoms with Gasteiger partial charge in [0.1, 0.15) is 11.6 Å². The first-order valence-corrected chi connectivity index (χ1v) is 10.2. The number of aliphatic hydroxyl groups excluding tert-OH is 1. The van der Waals surface area contributed by atoms with Gasteiger partial charge in [0.05, 0.1) is 47.2 Å². The van der Waals surface area contributed by atoms with Gasteiger partial charge in [-0.1, -0.05) is 19.1 Å². The molecule has 1 saturated heterocycles. The number of rotatable bonds is 5.